The molecular weight excluding hydrogens is 318 g/mol. The number of nitrogens with zero attached hydrogens (tertiary/aromatic N) is 3. The number of amides is 1. The Morgan fingerprint density at radius 3 is 2.61 bits per heavy atom. The molecule has 1 amide bonds. The molecule has 1 atom stereocenters. The van der Waals surface area contributed by atoms with Crippen LogP contribution in [-0.2, 0) is 14.6 Å². The minimum atomic E-state index is -3.38. The van der Waals surface area contributed by atoms with Crippen molar-refractivity contribution in [2.45, 2.75) is 57.6 Å². The van der Waals surface area contributed by atoms with E-state index in [1.165, 1.54) is 0 Å². The van der Waals surface area contributed by atoms with Gasteiger partial charge in [-0.05, 0) is 26.7 Å². The molecular formula is C15H25N3O4S. The van der Waals surface area contributed by atoms with E-state index in [2.05, 4.69) is 10.1 Å². The molecule has 2 heterocycles. The van der Waals surface area contributed by atoms with Crippen LogP contribution in [0.25, 0.3) is 0 Å². The number of piperidine rings is 1. The quantitative estimate of drug-likeness (QED) is 0.808. The summed E-state index contributed by atoms with van der Waals surface area (Å²) in [7, 11) is -3.38. The van der Waals surface area contributed by atoms with Crippen LogP contribution in [0.5, 0.6) is 0 Å². The normalized spacial score (nSPS) is 19.6. The van der Waals surface area contributed by atoms with Crippen molar-refractivity contribution in [3.05, 3.63) is 11.7 Å². The zero-order valence-corrected chi connectivity index (χ0v) is 15.0. The average molecular weight is 343 g/mol. The van der Waals surface area contributed by atoms with Crippen molar-refractivity contribution in [1.82, 2.24) is 15.0 Å². The smallest absolute Gasteiger partial charge is 0.237 e. The molecule has 130 valence electrons. The van der Waals surface area contributed by atoms with E-state index in [4.69, 9.17) is 4.52 Å². The fourth-order valence-corrected chi connectivity index (χ4v) is 3.35. The van der Waals surface area contributed by atoms with Crippen molar-refractivity contribution in [2.75, 3.05) is 18.8 Å². The summed E-state index contributed by atoms with van der Waals surface area (Å²) in [5.74, 6) is 0.597. The van der Waals surface area contributed by atoms with Gasteiger partial charge in [-0.15, -0.1) is 0 Å². The minimum absolute atomic E-state index is 0.00528. The molecule has 23 heavy (non-hydrogen) atoms. The minimum Gasteiger partial charge on any atom is -0.341 e. The predicted octanol–water partition coefficient (Wildman–Crippen LogP) is 1.72. The maximum Gasteiger partial charge on any atom is 0.237 e. The van der Waals surface area contributed by atoms with E-state index in [-0.39, 0.29) is 17.7 Å². The number of carbonyl (C=O) groups is 1. The van der Waals surface area contributed by atoms with Crippen molar-refractivity contribution in [1.29, 1.82) is 0 Å². The number of hydrogen-bond donors (Lipinski definition) is 0. The van der Waals surface area contributed by atoms with Gasteiger partial charge in [0.05, 0.1) is 5.25 Å². The highest BCUT2D eigenvalue weighted by molar-refractivity contribution is 7.92. The molecule has 2 rings (SSSR count). The summed E-state index contributed by atoms with van der Waals surface area (Å²) in [6.07, 6.45) is 1.68. The van der Waals surface area contributed by atoms with E-state index in [0.29, 0.717) is 24.8 Å². The molecule has 0 unspecified atom stereocenters. The summed E-state index contributed by atoms with van der Waals surface area (Å²) in [5.41, 5.74) is 0. The van der Waals surface area contributed by atoms with Crippen LogP contribution in [-0.4, -0.2) is 53.5 Å². The summed E-state index contributed by atoms with van der Waals surface area (Å²) in [5, 5.41) is 3.47. The van der Waals surface area contributed by atoms with Crippen LogP contribution in [0.4, 0.5) is 0 Å². The van der Waals surface area contributed by atoms with Crippen LogP contribution in [0.3, 0.4) is 0 Å². The average Bonchev–Trinajstić information content (AvgIpc) is 2.97. The lowest BCUT2D eigenvalue weighted by Gasteiger charge is -2.31. The van der Waals surface area contributed by atoms with Gasteiger partial charge in [0.15, 0.2) is 15.7 Å². The molecule has 0 spiro atoms. The first-order valence-corrected chi connectivity index (χ1v) is 9.75. The van der Waals surface area contributed by atoms with Gasteiger partial charge in [0, 0.05) is 24.9 Å². The molecule has 0 bridgehead atoms. The molecule has 1 aliphatic heterocycles. The second kappa shape index (κ2) is 6.98. The first kappa shape index (κ1) is 17.9. The Labute approximate surface area is 137 Å². The van der Waals surface area contributed by atoms with Gasteiger partial charge in [0.1, 0.15) is 5.75 Å². The fraction of sp³-hybridized carbons (Fsp3) is 0.800. The second-order valence-electron chi connectivity index (χ2n) is 6.68. The van der Waals surface area contributed by atoms with Crippen LogP contribution in [0.2, 0.25) is 0 Å². The van der Waals surface area contributed by atoms with Crippen molar-refractivity contribution in [2.24, 2.45) is 0 Å². The SMILES string of the molecule is CC(C)c1nc([C@@H]2CCCN(C(=O)CS(=O)(=O)C(C)C)C2)no1. The Hall–Kier alpha value is -1.44. The molecule has 0 aromatic carbocycles. The standard InChI is InChI=1S/C15H25N3O4S/c1-10(2)15-16-14(17-22-15)12-6-5-7-18(8-12)13(19)9-23(20,21)11(3)4/h10-12H,5-9H2,1-4H3/t12-/m1/s1. The highest BCUT2D eigenvalue weighted by Gasteiger charge is 2.31. The zero-order valence-electron chi connectivity index (χ0n) is 14.2. The maximum absolute atomic E-state index is 12.3. The third-order valence-electron chi connectivity index (χ3n) is 4.13. The molecule has 0 aliphatic carbocycles. The van der Waals surface area contributed by atoms with E-state index in [0.717, 1.165) is 12.8 Å². The molecule has 0 saturated carbocycles. The lowest BCUT2D eigenvalue weighted by molar-refractivity contribution is -0.129. The summed E-state index contributed by atoms with van der Waals surface area (Å²) in [6.45, 7) is 8.17. The molecule has 1 aromatic rings. The third-order valence-corrected chi connectivity index (χ3v) is 6.22. The number of carbonyl (C=O) groups excluding carboxylic acids is 1. The van der Waals surface area contributed by atoms with E-state index in [9.17, 15) is 13.2 Å². The Morgan fingerprint density at radius 2 is 2.04 bits per heavy atom. The van der Waals surface area contributed by atoms with Crippen molar-refractivity contribution in [3.63, 3.8) is 0 Å². The van der Waals surface area contributed by atoms with Crippen LogP contribution < -0.4 is 0 Å². The number of rotatable bonds is 5. The van der Waals surface area contributed by atoms with Gasteiger partial charge in [0.25, 0.3) is 0 Å². The van der Waals surface area contributed by atoms with Crippen LogP contribution in [0.15, 0.2) is 4.52 Å². The number of sulfone groups is 1. The number of hydrogen-bond acceptors (Lipinski definition) is 6. The van der Waals surface area contributed by atoms with Gasteiger partial charge in [-0.1, -0.05) is 19.0 Å². The molecule has 7 nitrogen and oxygen atoms in total. The van der Waals surface area contributed by atoms with Gasteiger partial charge >= 0.3 is 0 Å². The Kier molecular flexibility index (Phi) is 5.44. The van der Waals surface area contributed by atoms with Gasteiger partial charge < -0.3 is 9.42 Å². The van der Waals surface area contributed by atoms with E-state index < -0.39 is 20.8 Å². The summed E-state index contributed by atoms with van der Waals surface area (Å²) >= 11 is 0. The lowest BCUT2D eigenvalue weighted by Crippen LogP contribution is -2.43. The molecule has 0 radical (unpaired) electrons. The van der Waals surface area contributed by atoms with Crippen LogP contribution >= 0.6 is 0 Å². The molecule has 1 aliphatic rings. The molecule has 1 saturated heterocycles. The zero-order chi connectivity index (χ0) is 17.2. The van der Waals surface area contributed by atoms with Crippen molar-refractivity contribution in [3.8, 4) is 0 Å². The number of aromatic nitrogens is 2. The van der Waals surface area contributed by atoms with Gasteiger partial charge in [-0.3, -0.25) is 4.79 Å². The van der Waals surface area contributed by atoms with Crippen LogP contribution in [0, 0.1) is 0 Å². The van der Waals surface area contributed by atoms with E-state index >= 15 is 0 Å². The van der Waals surface area contributed by atoms with Gasteiger partial charge in [-0.25, -0.2) is 8.42 Å². The third kappa shape index (κ3) is 4.31. The van der Waals surface area contributed by atoms with Crippen LogP contribution in [0.1, 0.15) is 64.1 Å². The predicted molar refractivity (Wildman–Crippen MR) is 85.9 cm³/mol. The second-order valence-corrected chi connectivity index (χ2v) is 9.24. The van der Waals surface area contributed by atoms with E-state index in [1.807, 2.05) is 13.8 Å². The maximum atomic E-state index is 12.3. The largest absolute Gasteiger partial charge is 0.341 e. The van der Waals surface area contributed by atoms with Crippen molar-refractivity contribution < 1.29 is 17.7 Å². The highest BCUT2D eigenvalue weighted by Crippen LogP contribution is 2.26. The molecule has 8 heteroatoms. The summed E-state index contributed by atoms with van der Waals surface area (Å²) in [6, 6.07) is 0. The Morgan fingerprint density at radius 1 is 1.35 bits per heavy atom. The van der Waals surface area contributed by atoms with Gasteiger partial charge in [-0.2, -0.15) is 4.98 Å². The summed E-state index contributed by atoms with van der Waals surface area (Å²) < 4.78 is 29.1. The Balaban J connectivity index is 2.04. The first-order valence-electron chi connectivity index (χ1n) is 8.03. The monoisotopic (exact) mass is 343 g/mol. The first-order chi connectivity index (χ1) is 10.7. The molecule has 1 aromatic heterocycles. The molecule has 0 N–H and O–H groups in total. The molecule has 1 fully saturated rings. The van der Waals surface area contributed by atoms with Crippen molar-refractivity contribution >= 4 is 15.7 Å². The van der Waals surface area contributed by atoms with E-state index in [1.54, 1.807) is 18.7 Å². The fourth-order valence-electron chi connectivity index (χ4n) is 2.49. The number of likely N-dealkylation sites (tertiary alicyclic amines) is 1. The topological polar surface area (TPSA) is 93.4 Å². The highest BCUT2D eigenvalue weighted by atomic mass is 32.2. The lowest BCUT2D eigenvalue weighted by atomic mass is 9.97. The Bertz CT molecular complexity index is 651. The van der Waals surface area contributed by atoms with Gasteiger partial charge in [0.2, 0.25) is 11.8 Å². The summed E-state index contributed by atoms with van der Waals surface area (Å²) in [4.78, 5) is 18.3.